The lowest BCUT2D eigenvalue weighted by atomic mass is 10.1. The monoisotopic (exact) mass is 266 g/mol. The standard InChI is InChI=1S/C13H15FN2OS/c1-9-16-11(8-18-9)7-17-13-3-2-10(4-5-15)6-12(13)14/h2-3,6,8H,4-5,7,15H2,1H3. The van der Waals surface area contributed by atoms with Gasteiger partial charge in [0, 0.05) is 5.38 Å². The maximum atomic E-state index is 13.7. The van der Waals surface area contributed by atoms with Crippen molar-refractivity contribution < 1.29 is 9.13 Å². The molecular formula is C13H15FN2OS. The van der Waals surface area contributed by atoms with Crippen molar-refractivity contribution in [2.45, 2.75) is 20.0 Å². The van der Waals surface area contributed by atoms with Crippen LogP contribution >= 0.6 is 11.3 Å². The number of nitrogens with two attached hydrogens (primary N) is 1. The molecule has 0 saturated carbocycles. The molecular weight excluding hydrogens is 251 g/mol. The second kappa shape index (κ2) is 5.93. The lowest BCUT2D eigenvalue weighted by molar-refractivity contribution is 0.286. The zero-order valence-corrected chi connectivity index (χ0v) is 11.0. The Morgan fingerprint density at radius 2 is 2.28 bits per heavy atom. The molecule has 1 aromatic carbocycles. The Labute approximate surface area is 109 Å². The molecule has 0 aliphatic rings. The van der Waals surface area contributed by atoms with Crippen LogP contribution in [0.25, 0.3) is 0 Å². The van der Waals surface area contributed by atoms with Crippen molar-refractivity contribution in [3.8, 4) is 5.75 Å². The first-order chi connectivity index (χ1) is 8.69. The summed E-state index contributed by atoms with van der Waals surface area (Å²) in [5.41, 5.74) is 7.13. The summed E-state index contributed by atoms with van der Waals surface area (Å²) in [7, 11) is 0. The van der Waals surface area contributed by atoms with Gasteiger partial charge in [-0.05, 0) is 37.6 Å². The van der Waals surface area contributed by atoms with E-state index in [1.165, 1.54) is 6.07 Å². The van der Waals surface area contributed by atoms with Crippen LogP contribution in [0.15, 0.2) is 23.6 Å². The number of rotatable bonds is 5. The van der Waals surface area contributed by atoms with Crippen molar-refractivity contribution in [2.75, 3.05) is 6.54 Å². The van der Waals surface area contributed by atoms with Crippen molar-refractivity contribution >= 4 is 11.3 Å². The Hall–Kier alpha value is -1.46. The Morgan fingerprint density at radius 3 is 2.89 bits per heavy atom. The van der Waals surface area contributed by atoms with Gasteiger partial charge >= 0.3 is 0 Å². The number of thiazole rings is 1. The number of hydrogen-bond donors (Lipinski definition) is 1. The summed E-state index contributed by atoms with van der Waals surface area (Å²) in [6.07, 6.45) is 0.669. The molecule has 0 spiro atoms. The quantitative estimate of drug-likeness (QED) is 0.905. The van der Waals surface area contributed by atoms with E-state index in [1.54, 1.807) is 17.4 Å². The third-order valence-corrected chi connectivity index (χ3v) is 3.29. The molecule has 0 aliphatic carbocycles. The fourth-order valence-corrected chi connectivity index (χ4v) is 2.21. The molecule has 3 nitrogen and oxygen atoms in total. The maximum absolute atomic E-state index is 13.7. The molecule has 96 valence electrons. The van der Waals surface area contributed by atoms with Crippen LogP contribution in [0, 0.1) is 12.7 Å². The van der Waals surface area contributed by atoms with Crippen molar-refractivity contribution in [3.05, 3.63) is 45.7 Å². The molecule has 2 rings (SSSR count). The molecule has 1 heterocycles. The Balaban J connectivity index is 2.01. The maximum Gasteiger partial charge on any atom is 0.165 e. The summed E-state index contributed by atoms with van der Waals surface area (Å²) in [5.74, 6) is -0.102. The van der Waals surface area contributed by atoms with E-state index < -0.39 is 0 Å². The predicted octanol–water partition coefficient (Wildman–Crippen LogP) is 2.67. The number of nitrogens with zero attached hydrogens (tertiary/aromatic N) is 1. The molecule has 0 amide bonds. The van der Waals surface area contributed by atoms with Crippen molar-refractivity contribution in [1.82, 2.24) is 4.98 Å². The highest BCUT2D eigenvalue weighted by Crippen LogP contribution is 2.20. The van der Waals surface area contributed by atoms with Crippen LogP contribution in [0.5, 0.6) is 5.75 Å². The molecule has 0 unspecified atom stereocenters. The Kier molecular flexibility index (Phi) is 4.28. The smallest absolute Gasteiger partial charge is 0.165 e. The topological polar surface area (TPSA) is 48.1 Å². The molecule has 0 bridgehead atoms. The van der Waals surface area contributed by atoms with Crippen molar-refractivity contribution in [2.24, 2.45) is 5.73 Å². The highest BCUT2D eigenvalue weighted by molar-refractivity contribution is 7.09. The van der Waals surface area contributed by atoms with Crippen LogP contribution in [0.1, 0.15) is 16.3 Å². The number of hydrogen-bond acceptors (Lipinski definition) is 4. The van der Waals surface area contributed by atoms with Gasteiger partial charge in [-0.25, -0.2) is 9.37 Å². The van der Waals surface area contributed by atoms with E-state index in [4.69, 9.17) is 10.5 Å². The summed E-state index contributed by atoms with van der Waals surface area (Å²) < 4.78 is 19.1. The number of aryl methyl sites for hydroxylation is 1. The molecule has 1 aromatic heterocycles. The summed E-state index contributed by atoms with van der Waals surface area (Å²) in [5, 5.41) is 2.89. The van der Waals surface area contributed by atoms with Gasteiger partial charge in [0.15, 0.2) is 11.6 Å². The fourth-order valence-electron chi connectivity index (χ4n) is 1.61. The van der Waals surface area contributed by atoms with Crippen LogP contribution < -0.4 is 10.5 Å². The molecule has 2 aromatic rings. The third-order valence-electron chi connectivity index (χ3n) is 2.47. The molecule has 0 radical (unpaired) electrons. The minimum absolute atomic E-state index is 0.251. The summed E-state index contributed by atoms with van der Waals surface area (Å²) in [6.45, 7) is 2.73. The molecule has 0 fully saturated rings. The second-order valence-corrected chi connectivity index (χ2v) is 5.01. The van der Waals surface area contributed by atoms with E-state index in [9.17, 15) is 4.39 Å². The highest BCUT2D eigenvalue weighted by atomic mass is 32.1. The van der Waals surface area contributed by atoms with E-state index in [1.807, 2.05) is 18.4 Å². The van der Waals surface area contributed by atoms with Crippen LogP contribution in [-0.2, 0) is 13.0 Å². The van der Waals surface area contributed by atoms with Crippen LogP contribution in [0.3, 0.4) is 0 Å². The SMILES string of the molecule is Cc1nc(COc2ccc(CCN)cc2F)cs1. The lowest BCUT2D eigenvalue weighted by Crippen LogP contribution is -2.03. The predicted molar refractivity (Wildman–Crippen MR) is 70.3 cm³/mol. The zero-order chi connectivity index (χ0) is 13.0. The fraction of sp³-hybridized carbons (Fsp3) is 0.308. The first kappa shape index (κ1) is 13.0. The number of halogens is 1. The average molecular weight is 266 g/mol. The van der Waals surface area contributed by atoms with Gasteiger partial charge in [-0.1, -0.05) is 6.07 Å². The van der Waals surface area contributed by atoms with Crippen molar-refractivity contribution in [3.63, 3.8) is 0 Å². The zero-order valence-electron chi connectivity index (χ0n) is 10.1. The molecule has 5 heteroatoms. The molecule has 18 heavy (non-hydrogen) atoms. The largest absolute Gasteiger partial charge is 0.484 e. The first-order valence-corrected chi connectivity index (χ1v) is 6.59. The van der Waals surface area contributed by atoms with E-state index >= 15 is 0 Å². The average Bonchev–Trinajstić information content (AvgIpc) is 2.74. The van der Waals surface area contributed by atoms with E-state index in [-0.39, 0.29) is 18.2 Å². The van der Waals surface area contributed by atoms with Crippen LogP contribution in [-0.4, -0.2) is 11.5 Å². The molecule has 0 saturated heterocycles. The minimum atomic E-state index is -0.354. The van der Waals surface area contributed by atoms with Gasteiger partial charge in [0.2, 0.25) is 0 Å². The lowest BCUT2D eigenvalue weighted by Gasteiger charge is -2.07. The van der Waals surface area contributed by atoms with Crippen LogP contribution in [0.2, 0.25) is 0 Å². The van der Waals surface area contributed by atoms with Gasteiger partial charge in [0.05, 0.1) is 10.7 Å². The summed E-state index contributed by atoms with van der Waals surface area (Å²) >= 11 is 1.55. The van der Waals surface area contributed by atoms with Crippen molar-refractivity contribution in [1.29, 1.82) is 0 Å². The van der Waals surface area contributed by atoms with E-state index in [0.717, 1.165) is 16.3 Å². The highest BCUT2D eigenvalue weighted by Gasteiger charge is 2.06. The summed E-state index contributed by atoms with van der Waals surface area (Å²) in [6, 6.07) is 4.94. The van der Waals surface area contributed by atoms with Gasteiger partial charge < -0.3 is 10.5 Å². The normalized spacial score (nSPS) is 10.6. The number of ether oxygens (including phenoxy) is 1. The Morgan fingerprint density at radius 1 is 1.44 bits per heavy atom. The molecule has 2 N–H and O–H groups in total. The van der Waals surface area contributed by atoms with Gasteiger partial charge in [-0.3, -0.25) is 0 Å². The number of aromatic nitrogens is 1. The van der Waals surface area contributed by atoms with Gasteiger partial charge in [0.1, 0.15) is 6.61 Å². The van der Waals surface area contributed by atoms with Gasteiger partial charge in [-0.15, -0.1) is 11.3 Å². The van der Waals surface area contributed by atoms with Crippen LogP contribution in [0.4, 0.5) is 4.39 Å². The Bertz CT molecular complexity index is 527. The first-order valence-electron chi connectivity index (χ1n) is 5.71. The summed E-state index contributed by atoms with van der Waals surface area (Å²) in [4.78, 5) is 4.26. The molecule has 0 aliphatic heterocycles. The minimum Gasteiger partial charge on any atom is -0.484 e. The van der Waals surface area contributed by atoms with Gasteiger partial charge in [0.25, 0.3) is 0 Å². The number of benzene rings is 1. The molecule has 0 atom stereocenters. The van der Waals surface area contributed by atoms with E-state index in [2.05, 4.69) is 4.98 Å². The second-order valence-electron chi connectivity index (χ2n) is 3.95. The van der Waals surface area contributed by atoms with Gasteiger partial charge in [-0.2, -0.15) is 0 Å². The third kappa shape index (κ3) is 3.27. The van der Waals surface area contributed by atoms with E-state index in [0.29, 0.717) is 13.0 Å².